The minimum absolute atomic E-state index is 0.0130. The maximum atomic E-state index is 12.8. The predicted octanol–water partition coefficient (Wildman–Crippen LogP) is 3.22. The van der Waals surface area contributed by atoms with Gasteiger partial charge in [-0.05, 0) is 17.5 Å². The Morgan fingerprint density at radius 3 is 2.10 bits per heavy atom. The lowest BCUT2D eigenvalue weighted by Crippen LogP contribution is -2.50. The van der Waals surface area contributed by atoms with Crippen LogP contribution in [0.25, 0.3) is 0 Å². The molecule has 1 atom stereocenters. The third-order valence-electron chi connectivity index (χ3n) is 4.35. The van der Waals surface area contributed by atoms with E-state index in [1.807, 2.05) is 60.7 Å². The maximum absolute atomic E-state index is 12.8. The Hall–Kier alpha value is -2.80. The van der Waals surface area contributed by atoms with Crippen molar-refractivity contribution in [3.8, 4) is 0 Å². The number of nitrogens with one attached hydrogen (secondary N) is 1. The van der Waals surface area contributed by atoms with Crippen molar-refractivity contribution in [1.82, 2.24) is 10.2 Å². The van der Waals surface area contributed by atoms with Gasteiger partial charge >= 0.3 is 12.0 Å². The molecule has 0 aromatic heterocycles. The summed E-state index contributed by atoms with van der Waals surface area (Å²) in [6.45, 7) is 2.28. The number of carboxylic acids is 1. The molecule has 0 heterocycles. The molecule has 154 valence electrons. The molecule has 7 heteroatoms. The van der Waals surface area contributed by atoms with E-state index in [0.717, 1.165) is 22.9 Å². The van der Waals surface area contributed by atoms with E-state index in [0.29, 0.717) is 25.3 Å². The Kier molecular flexibility index (Phi) is 9.24. The van der Waals surface area contributed by atoms with Crippen molar-refractivity contribution in [2.75, 3.05) is 18.8 Å². The quantitative estimate of drug-likeness (QED) is 0.623. The fraction of sp³-hybridized carbons (Fsp3) is 0.318. The molecule has 0 aliphatic carbocycles. The van der Waals surface area contributed by atoms with Crippen LogP contribution in [0.2, 0.25) is 0 Å². The van der Waals surface area contributed by atoms with Crippen molar-refractivity contribution < 1.29 is 19.5 Å². The predicted molar refractivity (Wildman–Crippen MR) is 115 cm³/mol. The van der Waals surface area contributed by atoms with Gasteiger partial charge in [-0.3, -0.25) is 4.79 Å². The minimum Gasteiger partial charge on any atom is -0.480 e. The highest BCUT2D eigenvalue weighted by Gasteiger charge is 2.23. The lowest BCUT2D eigenvalue weighted by Gasteiger charge is -2.25. The number of hydrogen-bond donors (Lipinski definition) is 2. The van der Waals surface area contributed by atoms with Gasteiger partial charge in [0, 0.05) is 32.2 Å². The molecule has 0 saturated heterocycles. The molecule has 0 radical (unpaired) electrons. The first-order chi connectivity index (χ1) is 14.0. The summed E-state index contributed by atoms with van der Waals surface area (Å²) >= 11 is 1.15. The van der Waals surface area contributed by atoms with Crippen LogP contribution in [-0.2, 0) is 22.4 Å². The van der Waals surface area contributed by atoms with Gasteiger partial charge in [0.1, 0.15) is 6.04 Å². The fourth-order valence-corrected chi connectivity index (χ4v) is 3.41. The summed E-state index contributed by atoms with van der Waals surface area (Å²) in [4.78, 5) is 37.2. The zero-order valence-corrected chi connectivity index (χ0v) is 17.2. The molecule has 2 amide bonds. The third kappa shape index (κ3) is 8.39. The Bertz CT molecular complexity index is 799. The van der Waals surface area contributed by atoms with Crippen LogP contribution in [0.3, 0.4) is 0 Å². The van der Waals surface area contributed by atoms with Gasteiger partial charge in [0.2, 0.25) is 0 Å². The Labute approximate surface area is 175 Å². The second-order valence-corrected chi connectivity index (χ2v) is 7.86. The third-order valence-corrected chi connectivity index (χ3v) is 5.14. The number of carbonyl (C=O) groups is 3. The van der Waals surface area contributed by atoms with Gasteiger partial charge < -0.3 is 15.3 Å². The van der Waals surface area contributed by atoms with E-state index in [-0.39, 0.29) is 11.5 Å². The average molecular weight is 415 g/mol. The molecular weight excluding hydrogens is 388 g/mol. The number of carboxylic acid groups (broad SMARTS) is 1. The Balaban J connectivity index is 2.02. The molecule has 6 nitrogen and oxygen atoms in total. The van der Waals surface area contributed by atoms with Crippen LogP contribution in [0.4, 0.5) is 4.79 Å². The number of amides is 2. The first-order valence-electron chi connectivity index (χ1n) is 9.45. The second kappa shape index (κ2) is 11.9. The van der Waals surface area contributed by atoms with Crippen molar-refractivity contribution in [1.29, 1.82) is 0 Å². The zero-order valence-electron chi connectivity index (χ0n) is 16.4. The highest BCUT2D eigenvalue weighted by molar-refractivity contribution is 8.13. The van der Waals surface area contributed by atoms with Gasteiger partial charge in [-0.15, -0.1) is 0 Å². The van der Waals surface area contributed by atoms with Crippen molar-refractivity contribution >= 4 is 28.9 Å². The van der Waals surface area contributed by atoms with Crippen LogP contribution in [0.1, 0.15) is 18.1 Å². The fourth-order valence-electron chi connectivity index (χ4n) is 2.81. The van der Waals surface area contributed by atoms with E-state index in [4.69, 9.17) is 0 Å². The molecule has 2 aromatic carbocycles. The van der Waals surface area contributed by atoms with E-state index in [9.17, 15) is 19.5 Å². The van der Waals surface area contributed by atoms with Crippen molar-refractivity contribution in [3.63, 3.8) is 0 Å². The van der Waals surface area contributed by atoms with Crippen LogP contribution in [0, 0.1) is 0 Å². The molecule has 2 N–H and O–H groups in total. The molecule has 2 rings (SSSR count). The number of nitrogens with zero attached hydrogens (tertiary/aromatic N) is 1. The molecule has 29 heavy (non-hydrogen) atoms. The SMILES string of the molecule is CC(=O)SCCN(CCc1ccccc1)C(=O)NC(Cc1ccccc1)C(=O)O. The van der Waals surface area contributed by atoms with E-state index < -0.39 is 18.0 Å². The van der Waals surface area contributed by atoms with Crippen LogP contribution >= 0.6 is 11.8 Å². The molecule has 0 bridgehead atoms. The zero-order chi connectivity index (χ0) is 21.1. The summed E-state index contributed by atoms with van der Waals surface area (Å²) in [6, 6.07) is 17.5. The summed E-state index contributed by atoms with van der Waals surface area (Å²) in [7, 11) is 0. The largest absolute Gasteiger partial charge is 0.480 e. The molecule has 0 aliphatic rings. The van der Waals surface area contributed by atoms with Crippen LogP contribution in [-0.4, -0.2) is 52.0 Å². The van der Waals surface area contributed by atoms with Gasteiger partial charge in [0.15, 0.2) is 5.12 Å². The molecule has 0 spiro atoms. The Morgan fingerprint density at radius 2 is 1.55 bits per heavy atom. The molecular formula is C22H26N2O4S. The lowest BCUT2D eigenvalue weighted by molar-refractivity contribution is -0.139. The Morgan fingerprint density at radius 1 is 0.966 bits per heavy atom. The van der Waals surface area contributed by atoms with Gasteiger partial charge in [-0.25, -0.2) is 9.59 Å². The highest BCUT2D eigenvalue weighted by Crippen LogP contribution is 2.08. The number of aliphatic carboxylic acids is 1. The summed E-state index contributed by atoms with van der Waals surface area (Å²) in [5.41, 5.74) is 1.92. The lowest BCUT2D eigenvalue weighted by atomic mass is 10.1. The number of carbonyl (C=O) groups excluding carboxylic acids is 2. The molecule has 0 saturated carbocycles. The van der Waals surface area contributed by atoms with Crippen LogP contribution < -0.4 is 5.32 Å². The molecule has 0 fully saturated rings. The smallest absolute Gasteiger partial charge is 0.326 e. The monoisotopic (exact) mass is 414 g/mol. The van der Waals surface area contributed by atoms with Gasteiger partial charge in [-0.2, -0.15) is 0 Å². The van der Waals surface area contributed by atoms with Gasteiger partial charge in [0.05, 0.1) is 0 Å². The van der Waals surface area contributed by atoms with Crippen LogP contribution in [0.15, 0.2) is 60.7 Å². The number of rotatable bonds is 10. The summed E-state index contributed by atoms with van der Waals surface area (Å²) in [5.74, 6) is -0.614. The molecule has 2 aromatic rings. The summed E-state index contributed by atoms with van der Waals surface area (Å²) < 4.78 is 0. The van der Waals surface area contributed by atoms with E-state index in [1.165, 1.54) is 6.92 Å². The van der Waals surface area contributed by atoms with Crippen LogP contribution in [0.5, 0.6) is 0 Å². The number of thioether (sulfide) groups is 1. The minimum atomic E-state index is -1.08. The van der Waals surface area contributed by atoms with Gasteiger partial charge in [0.25, 0.3) is 0 Å². The number of benzene rings is 2. The van der Waals surface area contributed by atoms with E-state index in [2.05, 4.69) is 5.32 Å². The molecule has 0 aliphatic heterocycles. The van der Waals surface area contributed by atoms with Gasteiger partial charge in [-0.1, -0.05) is 72.4 Å². The number of hydrogen-bond acceptors (Lipinski definition) is 4. The second-order valence-electron chi connectivity index (χ2n) is 6.59. The first-order valence-corrected chi connectivity index (χ1v) is 10.4. The van der Waals surface area contributed by atoms with E-state index in [1.54, 1.807) is 4.90 Å². The number of urea groups is 1. The normalized spacial score (nSPS) is 11.5. The highest BCUT2D eigenvalue weighted by atomic mass is 32.2. The first kappa shape index (κ1) is 22.5. The average Bonchev–Trinajstić information content (AvgIpc) is 2.71. The molecule has 1 unspecified atom stereocenters. The van der Waals surface area contributed by atoms with Crippen molar-refractivity contribution in [3.05, 3.63) is 71.8 Å². The summed E-state index contributed by atoms with van der Waals surface area (Å²) in [5, 5.41) is 12.2. The summed E-state index contributed by atoms with van der Waals surface area (Å²) in [6.07, 6.45) is 0.853. The maximum Gasteiger partial charge on any atom is 0.326 e. The standard InChI is InChI=1S/C22H26N2O4S/c1-17(25)29-15-14-24(13-12-18-8-4-2-5-9-18)22(28)23-20(21(26)27)16-19-10-6-3-7-11-19/h2-11,20H,12-16H2,1H3,(H,23,28)(H,26,27). The van der Waals surface area contributed by atoms with Crippen molar-refractivity contribution in [2.45, 2.75) is 25.8 Å². The van der Waals surface area contributed by atoms with E-state index >= 15 is 0 Å². The van der Waals surface area contributed by atoms with Crippen molar-refractivity contribution in [2.24, 2.45) is 0 Å². The topological polar surface area (TPSA) is 86.7 Å².